The van der Waals surface area contributed by atoms with E-state index in [9.17, 15) is 0 Å². The summed E-state index contributed by atoms with van der Waals surface area (Å²) in [6.07, 6.45) is 2.68. The minimum atomic E-state index is 0.399. The van der Waals surface area contributed by atoms with Gasteiger partial charge in [-0.1, -0.05) is 25.1 Å². The van der Waals surface area contributed by atoms with Crippen LogP contribution in [0.15, 0.2) is 24.3 Å². The molecule has 1 atom stereocenters. The maximum Gasteiger partial charge on any atom is 0.123 e. The van der Waals surface area contributed by atoms with E-state index in [0.29, 0.717) is 6.10 Å². The largest absolute Gasteiger partial charge is 0.492 e. The van der Waals surface area contributed by atoms with Crippen LogP contribution in [0, 0.1) is 0 Å². The van der Waals surface area contributed by atoms with Gasteiger partial charge in [0.05, 0.1) is 6.10 Å². The number of ether oxygens (including phenoxy) is 2. The first kappa shape index (κ1) is 16.3. The molecule has 1 saturated heterocycles. The molecular formula is C17H28N2O2. The molecule has 0 saturated carbocycles. The van der Waals surface area contributed by atoms with Gasteiger partial charge in [-0.3, -0.25) is 4.90 Å². The minimum Gasteiger partial charge on any atom is -0.492 e. The van der Waals surface area contributed by atoms with E-state index in [1.54, 1.807) is 7.11 Å². The van der Waals surface area contributed by atoms with E-state index in [4.69, 9.17) is 9.47 Å². The van der Waals surface area contributed by atoms with Gasteiger partial charge >= 0.3 is 0 Å². The lowest BCUT2D eigenvalue weighted by Crippen LogP contribution is -2.27. The van der Waals surface area contributed by atoms with Crippen LogP contribution in [0.25, 0.3) is 0 Å². The molecule has 21 heavy (non-hydrogen) atoms. The number of nitrogens with zero attached hydrogens (tertiary/aromatic N) is 1. The van der Waals surface area contributed by atoms with Gasteiger partial charge in [0, 0.05) is 38.9 Å². The van der Waals surface area contributed by atoms with Crippen molar-refractivity contribution in [1.29, 1.82) is 0 Å². The molecule has 0 amide bonds. The van der Waals surface area contributed by atoms with Gasteiger partial charge in [-0.15, -0.1) is 0 Å². The first-order valence-electron chi connectivity index (χ1n) is 8.00. The number of nitrogens with one attached hydrogen (secondary N) is 1. The Bertz CT molecular complexity index is 412. The molecule has 1 aliphatic heterocycles. The Labute approximate surface area is 128 Å². The van der Waals surface area contributed by atoms with Crippen LogP contribution in [0.4, 0.5) is 0 Å². The number of likely N-dealkylation sites (tertiary alicyclic amines) is 1. The van der Waals surface area contributed by atoms with Crippen LogP contribution in [0.3, 0.4) is 0 Å². The summed E-state index contributed by atoms with van der Waals surface area (Å²) in [7, 11) is 1.80. The molecule has 0 aliphatic carbocycles. The highest BCUT2D eigenvalue weighted by atomic mass is 16.5. The van der Waals surface area contributed by atoms with Crippen LogP contribution in [-0.4, -0.2) is 50.9 Å². The van der Waals surface area contributed by atoms with E-state index in [1.165, 1.54) is 5.56 Å². The van der Waals surface area contributed by atoms with Gasteiger partial charge in [0.2, 0.25) is 0 Å². The predicted octanol–water partition coefficient (Wildman–Crippen LogP) is 2.29. The summed E-state index contributed by atoms with van der Waals surface area (Å²) in [5, 5.41) is 3.43. The molecule has 4 nitrogen and oxygen atoms in total. The Kier molecular flexibility index (Phi) is 7.00. The van der Waals surface area contributed by atoms with Crippen molar-refractivity contribution < 1.29 is 9.47 Å². The average molecular weight is 292 g/mol. The third-order valence-corrected chi connectivity index (χ3v) is 3.94. The second-order valence-corrected chi connectivity index (χ2v) is 5.58. The van der Waals surface area contributed by atoms with Crippen molar-refractivity contribution in [3.8, 4) is 5.75 Å². The van der Waals surface area contributed by atoms with Crippen molar-refractivity contribution in [2.24, 2.45) is 0 Å². The summed E-state index contributed by atoms with van der Waals surface area (Å²) >= 11 is 0. The molecule has 118 valence electrons. The third-order valence-electron chi connectivity index (χ3n) is 3.94. The summed E-state index contributed by atoms with van der Waals surface area (Å²) in [5.41, 5.74) is 1.24. The fourth-order valence-corrected chi connectivity index (χ4v) is 2.67. The lowest BCUT2D eigenvalue weighted by Gasteiger charge is -2.17. The fourth-order valence-electron chi connectivity index (χ4n) is 2.67. The van der Waals surface area contributed by atoms with Crippen molar-refractivity contribution in [2.45, 2.75) is 32.4 Å². The molecule has 1 heterocycles. The van der Waals surface area contributed by atoms with Gasteiger partial charge in [0.15, 0.2) is 0 Å². The maximum atomic E-state index is 5.98. The van der Waals surface area contributed by atoms with Crippen LogP contribution < -0.4 is 10.1 Å². The summed E-state index contributed by atoms with van der Waals surface area (Å²) in [6, 6.07) is 8.30. The lowest BCUT2D eigenvalue weighted by molar-refractivity contribution is 0.105. The van der Waals surface area contributed by atoms with Crippen LogP contribution in [0.1, 0.15) is 25.3 Å². The molecule has 0 aromatic heterocycles. The molecule has 4 heteroatoms. The number of benzene rings is 1. The second-order valence-electron chi connectivity index (χ2n) is 5.58. The van der Waals surface area contributed by atoms with Crippen molar-refractivity contribution in [3.63, 3.8) is 0 Å². The van der Waals surface area contributed by atoms with Gasteiger partial charge in [0.25, 0.3) is 0 Å². The Balaban J connectivity index is 1.75. The predicted molar refractivity (Wildman–Crippen MR) is 85.8 cm³/mol. The van der Waals surface area contributed by atoms with Crippen LogP contribution in [0.5, 0.6) is 5.75 Å². The highest BCUT2D eigenvalue weighted by Crippen LogP contribution is 2.18. The van der Waals surface area contributed by atoms with E-state index < -0.39 is 0 Å². The zero-order chi connectivity index (χ0) is 14.9. The molecule has 0 radical (unpaired) electrons. The Morgan fingerprint density at radius 1 is 1.33 bits per heavy atom. The number of rotatable bonds is 9. The van der Waals surface area contributed by atoms with Crippen LogP contribution >= 0.6 is 0 Å². The van der Waals surface area contributed by atoms with Crippen molar-refractivity contribution in [2.75, 3.05) is 39.9 Å². The summed E-state index contributed by atoms with van der Waals surface area (Å²) in [5.74, 6) is 1.00. The van der Waals surface area contributed by atoms with Crippen LogP contribution in [-0.2, 0) is 11.3 Å². The van der Waals surface area contributed by atoms with E-state index in [2.05, 4.69) is 35.3 Å². The first-order chi connectivity index (χ1) is 10.3. The summed E-state index contributed by atoms with van der Waals surface area (Å²) < 4.78 is 11.4. The number of hydrogen-bond acceptors (Lipinski definition) is 4. The molecule has 2 rings (SSSR count). The van der Waals surface area contributed by atoms with Crippen molar-refractivity contribution in [3.05, 3.63) is 29.8 Å². The molecule has 1 aliphatic rings. The SMILES string of the molecule is CCCNCc1ccccc1OCCN1CCC(OC)C1. The topological polar surface area (TPSA) is 33.7 Å². The lowest BCUT2D eigenvalue weighted by atomic mass is 10.2. The molecule has 1 aromatic rings. The molecular weight excluding hydrogens is 264 g/mol. The van der Waals surface area contributed by atoms with Crippen LogP contribution in [0.2, 0.25) is 0 Å². The summed E-state index contributed by atoms with van der Waals surface area (Å²) in [6.45, 7) is 7.94. The zero-order valence-electron chi connectivity index (χ0n) is 13.3. The Hall–Kier alpha value is -1.10. The molecule has 1 fully saturated rings. The minimum absolute atomic E-state index is 0.399. The van der Waals surface area contributed by atoms with Gasteiger partial charge in [-0.2, -0.15) is 0 Å². The van der Waals surface area contributed by atoms with Gasteiger partial charge in [-0.25, -0.2) is 0 Å². The van der Waals surface area contributed by atoms with Gasteiger partial charge < -0.3 is 14.8 Å². The summed E-state index contributed by atoms with van der Waals surface area (Å²) in [4.78, 5) is 2.41. The van der Waals surface area contributed by atoms with E-state index in [0.717, 1.165) is 57.9 Å². The molecule has 1 N–H and O–H groups in total. The highest BCUT2D eigenvalue weighted by molar-refractivity contribution is 5.33. The maximum absolute atomic E-state index is 5.98. The Morgan fingerprint density at radius 3 is 2.95 bits per heavy atom. The highest BCUT2D eigenvalue weighted by Gasteiger charge is 2.21. The quantitative estimate of drug-likeness (QED) is 0.708. The van der Waals surface area contributed by atoms with E-state index in [-0.39, 0.29) is 0 Å². The number of methoxy groups -OCH3 is 1. The number of para-hydroxylation sites is 1. The smallest absolute Gasteiger partial charge is 0.123 e. The molecule has 1 aromatic carbocycles. The standard InChI is InChI=1S/C17H28N2O2/c1-3-9-18-13-15-6-4-5-7-17(15)21-12-11-19-10-8-16(14-19)20-2/h4-7,16,18H,3,8-14H2,1-2H3. The number of hydrogen-bond donors (Lipinski definition) is 1. The molecule has 0 spiro atoms. The van der Waals surface area contributed by atoms with E-state index >= 15 is 0 Å². The van der Waals surface area contributed by atoms with E-state index in [1.807, 2.05) is 6.07 Å². The fraction of sp³-hybridized carbons (Fsp3) is 0.647. The third kappa shape index (κ3) is 5.30. The second kappa shape index (κ2) is 9.03. The van der Waals surface area contributed by atoms with Gasteiger partial charge in [-0.05, 0) is 25.5 Å². The van der Waals surface area contributed by atoms with Crippen molar-refractivity contribution in [1.82, 2.24) is 10.2 Å². The zero-order valence-corrected chi connectivity index (χ0v) is 13.3. The Morgan fingerprint density at radius 2 is 2.19 bits per heavy atom. The van der Waals surface area contributed by atoms with Gasteiger partial charge in [0.1, 0.15) is 12.4 Å². The average Bonchev–Trinajstić information content (AvgIpc) is 2.97. The molecule has 0 bridgehead atoms. The van der Waals surface area contributed by atoms with Crippen molar-refractivity contribution >= 4 is 0 Å². The first-order valence-corrected chi connectivity index (χ1v) is 8.00. The monoisotopic (exact) mass is 292 g/mol. The molecule has 1 unspecified atom stereocenters. The normalized spacial score (nSPS) is 19.0.